The van der Waals surface area contributed by atoms with E-state index in [9.17, 15) is 12.8 Å². The zero-order valence-corrected chi connectivity index (χ0v) is 13.4. The SMILES string of the molecule is COc1ccc(CCNS(=O)(=O)c2ccc(F)cc2Cl)cc1. The molecule has 0 saturated heterocycles. The second kappa shape index (κ2) is 7.09. The highest BCUT2D eigenvalue weighted by Gasteiger charge is 2.17. The number of ether oxygens (including phenoxy) is 1. The van der Waals surface area contributed by atoms with E-state index in [-0.39, 0.29) is 16.5 Å². The van der Waals surface area contributed by atoms with Gasteiger partial charge in [0.15, 0.2) is 0 Å². The summed E-state index contributed by atoms with van der Waals surface area (Å²) in [5.74, 6) is 0.157. The average Bonchev–Trinajstić information content (AvgIpc) is 2.47. The Morgan fingerprint density at radius 1 is 1.18 bits per heavy atom. The van der Waals surface area contributed by atoms with Crippen molar-refractivity contribution in [3.05, 3.63) is 58.9 Å². The molecule has 0 atom stereocenters. The highest BCUT2D eigenvalue weighted by molar-refractivity contribution is 7.89. The molecule has 0 radical (unpaired) electrons. The first-order valence-electron chi connectivity index (χ1n) is 6.50. The lowest BCUT2D eigenvalue weighted by Crippen LogP contribution is -2.26. The standard InChI is InChI=1S/C15H15ClFNO3S/c1-21-13-5-2-11(3-6-13)8-9-18-22(19,20)15-7-4-12(17)10-14(15)16/h2-7,10,18H,8-9H2,1H3. The van der Waals surface area contributed by atoms with Gasteiger partial charge in [0, 0.05) is 6.54 Å². The van der Waals surface area contributed by atoms with Crippen molar-refractivity contribution >= 4 is 21.6 Å². The maximum atomic E-state index is 13.0. The third-order valence-electron chi connectivity index (χ3n) is 3.05. The van der Waals surface area contributed by atoms with E-state index in [1.807, 2.05) is 12.1 Å². The maximum absolute atomic E-state index is 13.0. The fraction of sp³-hybridized carbons (Fsp3) is 0.200. The minimum atomic E-state index is -3.76. The summed E-state index contributed by atoms with van der Waals surface area (Å²) >= 11 is 5.77. The molecule has 0 aliphatic heterocycles. The van der Waals surface area contributed by atoms with E-state index >= 15 is 0 Å². The van der Waals surface area contributed by atoms with Gasteiger partial charge in [-0.2, -0.15) is 0 Å². The molecule has 118 valence electrons. The summed E-state index contributed by atoms with van der Waals surface area (Å²) in [4.78, 5) is -0.134. The summed E-state index contributed by atoms with van der Waals surface area (Å²) in [6, 6.07) is 10.5. The van der Waals surface area contributed by atoms with Crippen molar-refractivity contribution < 1.29 is 17.5 Å². The zero-order valence-electron chi connectivity index (χ0n) is 11.8. The van der Waals surface area contributed by atoms with Crippen LogP contribution >= 0.6 is 11.6 Å². The molecule has 0 unspecified atom stereocenters. The number of methoxy groups -OCH3 is 1. The predicted octanol–water partition coefficient (Wildman–Crippen LogP) is 3.01. The van der Waals surface area contributed by atoms with Gasteiger partial charge in [0.2, 0.25) is 10.0 Å². The van der Waals surface area contributed by atoms with E-state index in [1.165, 1.54) is 0 Å². The van der Waals surface area contributed by atoms with Crippen LogP contribution in [0.3, 0.4) is 0 Å². The molecule has 0 spiro atoms. The van der Waals surface area contributed by atoms with E-state index < -0.39 is 15.8 Å². The van der Waals surface area contributed by atoms with Crippen LogP contribution in [-0.4, -0.2) is 22.1 Å². The van der Waals surface area contributed by atoms with E-state index in [1.54, 1.807) is 19.2 Å². The molecule has 4 nitrogen and oxygen atoms in total. The van der Waals surface area contributed by atoms with Crippen LogP contribution in [0.15, 0.2) is 47.4 Å². The van der Waals surface area contributed by atoms with Crippen LogP contribution in [-0.2, 0) is 16.4 Å². The van der Waals surface area contributed by atoms with Gasteiger partial charge in [-0.05, 0) is 42.3 Å². The topological polar surface area (TPSA) is 55.4 Å². The fourth-order valence-electron chi connectivity index (χ4n) is 1.89. The van der Waals surface area contributed by atoms with E-state index in [4.69, 9.17) is 16.3 Å². The normalized spacial score (nSPS) is 11.4. The maximum Gasteiger partial charge on any atom is 0.242 e. The highest BCUT2D eigenvalue weighted by Crippen LogP contribution is 2.22. The van der Waals surface area contributed by atoms with Crippen LogP contribution in [0.4, 0.5) is 4.39 Å². The number of nitrogens with one attached hydrogen (secondary N) is 1. The van der Waals surface area contributed by atoms with Gasteiger partial charge in [-0.3, -0.25) is 0 Å². The number of rotatable bonds is 6. The van der Waals surface area contributed by atoms with Crippen molar-refractivity contribution in [2.75, 3.05) is 13.7 Å². The molecule has 22 heavy (non-hydrogen) atoms. The Labute approximate surface area is 133 Å². The van der Waals surface area contributed by atoms with Gasteiger partial charge < -0.3 is 4.74 Å². The Morgan fingerprint density at radius 2 is 1.86 bits per heavy atom. The van der Waals surface area contributed by atoms with Gasteiger partial charge in [-0.15, -0.1) is 0 Å². The van der Waals surface area contributed by atoms with Crippen molar-refractivity contribution in [2.45, 2.75) is 11.3 Å². The van der Waals surface area contributed by atoms with E-state index in [0.717, 1.165) is 29.5 Å². The Morgan fingerprint density at radius 3 is 2.45 bits per heavy atom. The van der Waals surface area contributed by atoms with Gasteiger partial charge in [-0.1, -0.05) is 23.7 Å². The Kier molecular flexibility index (Phi) is 5.39. The molecule has 2 rings (SSSR count). The van der Waals surface area contributed by atoms with Gasteiger partial charge >= 0.3 is 0 Å². The van der Waals surface area contributed by atoms with E-state index in [0.29, 0.717) is 6.42 Å². The summed E-state index contributed by atoms with van der Waals surface area (Å²) in [5.41, 5.74) is 0.966. The smallest absolute Gasteiger partial charge is 0.242 e. The fourth-order valence-corrected chi connectivity index (χ4v) is 3.45. The molecule has 0 aromatic heterocycles. The predicted molar refractivity (Wildman–Crippen MR) is 83.3 cm³/mol. The van der Waals surface area contributed by atoms with Crippen LogP contribution in [0.25, 0.3) is 0 Å². The first kappa shape index (κ1) is 16.7. The van der Waals surface area contributed by atoms with E-state index in [2.05, 4.69) is 4.72 Å². The monoisotopic (exact) mass is 343 g/mol. The molecule has 1 N–H and O–H groups in total. The van der Waals surface area contributed by atoms with Gasteiger partial charge in [-0.25, -0.2) is 17.5 Å². The number of benzene rings is 2. The molecular weight excluding hydrogens is 329 g/mol. The van der Waals surface area contributed by atoms with Crippen molar-refractivity contribution in [2.24, 2.45) is 0 Å². The zero-order chi connectivity index (χ0) is 16.2. The number of sulfonamides is 1. The molecule has 0 aliphatic carbocycles. The number of hydrogen-bond acceptors (Lipinski definition) is 3. The van der Waals surface area contributed by atoms with Crippen molar-refractivity contribution in [3.63, 3.8) is 0 Å². The van der Waals surface area contributed by atoms with Gasteiger partial charge in [0.1, 0.15) is 16.5 Å². The Balaban J connectivity index is 2.00. The molecule has 2 aromatic carbocycles. The minimum absolute atomic E-state index is 0.134. The van der Waals surface area contributed by atoms with Crippen LogP contribution in [0.2, 0.25) is 5.02 Å². The highest BCUT2D eigenvalue weighted by atomic mass is 35.5. The first-order valence-corrected chi connectivity index (χ1v) is 8.36. The molecule has 0 fully saturated rings. The lowest BCUT2D eigenvalue weighted by atomic mass is 10.1. The number of halogens is 2. The van der Waals surface area contributed by atoms with Crippen LogP contribution in [0, 0.1) is 5.82 Å². The summed E-state index contributed by atoms with van der Waals surface area (Å²) in [6.07, 6.45) is 0.516. The molecule has 0 saturated carbocycles. The molecule has 0 aliphatic rings. The Bertz CT molecular complexity index is 748. The average molecular weight is 344 g/mol. The van der Waals surface area contributed by atoms with Gasteiger partial charge in [0.25, 0.3) is 0 Å². The minimum Gasteiger partial charge on any atom is -0.497 e. The third-order valence-corrected chi connectivity index (χ3v) is 4.99. The van der Waals surface area contributed by atoms with Crippen LogP contribution < -0.4 is 9.46 Å². The summed E-state index contributed by atoms with van der Waals surface area (Å²) < 4.78 is 44.7. The summed E-state index contributed by atoms with van der Waals surface area (Å²) in [5, 5.41) is -0.142. The van der Waals surface area contributed by atoms with Gasteiger partial charge in [0.05, 0.1) is 12.1 Å². The summed E-state index contributed by atoms with van der Waals surface area (Å²) in [6.45, 7) is 0.211. The second-order valence-corrected chi connectivity index (χ2v) is 6.71. The third kappa shape index (κ3) is 4.19. The number of hydrogen-bond donors (Lipinski definition) is 1. The van der Waals surface area contributed by atoms with Crippen molar-refractivity contribution in [3.8, 4) is 5.75 Å². The molecular formula is C15H15ClFNO3S. The van der Waals surface area contributed by atoms with Crippen molar-refractivity contribution in [1.29, 1.82) is 0 Å². The van der Waals surface area contributed by atoms with Crippen molar-refractivity contribution in [1.82, 2.24) is 4.72 Å². The van der Waals surface area contributed by atoms with Crippen LogP contribution in [0.5, 0.6) is 5.75 Å². The molecule has 2 aromatic rings. The molecule has 0 bridgehead atoms. The molecule has 7 heteroatoms. The largest absolute Gasteiger partial charge is 0.497 e. The summed E-state index contributed by atoms with van der Waals surface area (Å²) in [7, 11) is -2.19. The Hall–Kier alpha value is -1.63. The quantitative estimate of drug-likeness (QED) is 0.877. The lowest BCUT2D eigenvalue weighted by molar-refractivity contribution is 0.414. The first-order chi connectivity index (χ1) is 10.4. The molecule has 0 heterocycles. The lowest BCUT2D eigenvalue weighted by Gasteiger charge is -2.09. The second-order valence-electron chi connectivity index (χ2n) is 4.57. The van der Waals surface area contributed by atoms with Crippen LogP contribution in [0.1, 0.15) is 5.56 Å². The molecule has 0 amide bonds.